The highest BCUT2D eigenvalue weighted by Crippen LogP contribution is 2.22. The van der Waals surface area contributed by atoms with E-state index in [1.165, 1.54) is 22.8 Å². The van der Waals surface area contributed by atoms with Crippen molar-refractivity contribution >= 4 is 28.4 Å². The van der Waals surface area contributed by atoms with Crippen molar-refractivity contribution in [2.24, 2.45) is 0 Å². The van der Waals surface area contributed by atoms with E-state index in [1.54, 1.807) is 0 Å². The number of para-hydroxylation sites is 1. The third-order valence-electron chi connectivity index (χ3n) is 4.65. The van der Waals surface area contributed by atoms with Crippen LogP contribution in [0.15, 0.2) is 45.6 Å². The first-order valence-electron chi connectivity index (χ1n) is 9.06. The van der Waals surface area contributed by atoms with Crippen LogP contribution in [0.2, 0.25) is 0 Å². The number of nitro groups is 1. The summed E-state index contributed by atoms with van der Waals surface area (Å²) in [5, 5.41) is 13.8. The summed E-state index contributed by atoms with van der Waals surface area (Å²) in [6, 6.07) is 9.93. The number of aryl methyl sites for hydroxylation is 3. The van der Waals surface area contributed by atoms with Crippen molar-refractivity contribution in [3.63, 3.8) is 0 Å². The predicted molar refractivity (Wildman–Crippen MR) is 106 cm³/mol. The Morgan fingerprint density at radius 3 is 2.79 bits per heavy atom. The maximum Gasteiger partial charge on any atom is 0.419 e. The van der Waals surface area contributed by atoms with Crippen molar-refractivity contribution in [3.8, 4) is 0 Å². The monoisotopic (exact) mass is 383 g/mol. The van der Waals surface area contributed by atoms with Gasteiger partial charge in [0, 0.05) is 24.7 Å². The molecule has 0 aliphatic heterocycles. The lowest BCUT2D eigenvalue weighted by atomic mass is 10.1. The smallest absolute Gasteiger partial charge is 0.407 e. The van der Waals surface area contributed by atoms with Crippen molar-refractivity contribution in [2.45, 2.75) is 39.7 Å². The molecule has 3 aromatic rings. The van der Waals surface area contributed by atoms with Gasteiger partial charge in [0.2, 0.25) is 5.91 Å². The zero-order valence-corrected chi connectivity index (χ0v) is 15.7. The van der Waals surface area contributed by atoms with E-state index in [1.807, 2.05) is 32.0 Å². The van der Waals surface area contributed by atoms with Gasteiger partial charge >= 0.3 is 5.76 Å². The molecule has 1 amide bonds. The van der Waals surface area contributed by atoms with Gasteiger partial charge in [-0.1, -0.05) is 25.1 Å². The topological polar surface area (TPSA) is 107 Å². The van der Waals surface area contributed by atoms with E-state index in [9.17, 15) is 19.7 Å². The van der Waals surface area contributed by atoms with Crippen molar-refractivity contribution < 1.29 is 14.1 Å². The van der Waals surface area contributed by atoms with E-state index < -0.39 is 10.7 Å². The molecule has 0 saturated heterocycles. The quantitative estimate of drug-likeness (QED) is 0.493. The summed E-state index contributed by atoms with van der Waals surface area (Å²) in [7, 11) is 0. The number of fused-ring (bicyclic) bond motifs is 1. The first-order chi connectivity index (χ1) is 13.4. The van der Waals surface area contributed by atoms with Gasteiger partial charge in [0.05, 0.1) is 16.5 Å². The summed E-state index contributed by atoms with van der Waals surface area (Å²) < 4.78 is 6.48. The molecule has 0 spiro atoms. The molecule has 146 valence electrons. The molecular formula is C20H21N3O5. The molecule has 28 heavy (non-hydrogen) atoms. The van der Waals surface area contributed by atoms with Crippen molar-refractivity contribution in [3.05, 3.63) is 68.2 Å². The molecule has 0 unspecified atom stereocenters. The number of benzene rings is 2. The zero-order chi connectivity index (χ0) is 20.3. The van der Waals surface area contributed by atoms with Crippen LogP contribution >= 0.6 is 0 Å². The fourth-order valence-corrected chi connectivity index (χ4v) is 3.18. The van der Waals surface area contributed by atoms with E-state index in [0.29, 0.717) is 11.9 Å². The van der Waals surface area contributed by atoms with Gasteiger partial charge in [-0.05, 0) is 37.0 Å². The Morgan fingerprint density at radius 1 is 1.29 bits per heavy atom. The van der Waals surface area contributed by atoms with Gasteiger partial charge in [0.15, 0.2) is 5.58 Å². The normalized spacial score (nSPS) is 10.9. The number of non-ortho nitro benzene ring substituents is 1. The van der Waals surface area contributed by atoms with Crippen LogP contribution in [0.5, 0.6) is 0 Å². The van der Waals surface area contributed by atoms with E-state index in [4.69, 9.17) is 4.42 Å². The Kier molecular flexibility index (Phi) is 5.58. The van der Waals surface area contributed by atoms with Gasteiger partial charge in [-0.15, -0.1) is 0 Å². The van der Waals surface area contributed by atoms with Gasteiger partial charge < -0.3 is 9.73 Å². The fourth-order valence-electron chi connectivity index (χ4n) is 3.18. The molecule has 0 atom stereocenters. The highest BCUT2D eigenvalue weighted by atomic mass is 16.6. The lowest BCUT2D eigenvalue weighted by Crippen LogP contribution is -2.17. The fraction of sp³-hybridized carbons (Fsp3) is 0.300. The number of anilines is 1. The minimum Gasteiger partial charge on any atom is -0.407 e. The molecule has 2 aromatic carbocycles. The first-order valence-corrected chi connectivity index (χ1v) is 9.06. The second-order valence-electron chi connectivity index (χ2n) is 6.54. The highest BCUT2D eigenvalue weighted by Gasteiger charge is 2.15. The number of rotatable bonds is 7. The SMILES string of the molecule is CCc1cccc(C)c1NC(=O)CCCn1c(=O)oc2cc([N+](=O)[O-])ccc21. The van der Waals surface area contributed by atoms with E-state index in [0.717, 1.165) is 23.2 Å². The second kappa shape index (κ2) is 8.08. The lowest BCUT2D eigenvalue weighted by Gasteiger charge is -2.13. The van der Waals surface area contributed by atoms with Crippen molar-refractivity contribution in [1.29, 1.82) is 0 Å². The molecule has 0 radical (unpaired) electrons. The number of nitrogens with zero attached hydrogens (tertiary/aromatic N) is 2. The van der Waals surface area contributed by atoms with Gasteiger partial charge in [0.25, 0.3) is 5.69 Å². The molecule has 3 rings (SSSR count). The molecule has 8 heteroatoms. The standard InChI is InChI=1S/C20H21N3O5/c1-3-14-7-4-6-13(2)19(14)21-18(24)8-5-11-22-16-10-9-15(23(26)27)12-17(16)28-20(22)25/h4,6-7,9-10,12H,3,5,8,11H2,1-2H3,(H,21,24). The summed E-state index contributed by atoms with van der Waals surface area (Å²) in [5.74, 6) is -0.719. The Morgan fingerprint density at radius 2 is 2.07 bits per heavy atom. The number of carbonyl (C=O) groups is 1. The van der Waals surface area contributed by atoms with Crippen molar-refractivity contribution in [1.82, 2.24) is 4.57 Å². The van der Waals surface area contributed by atoms with Crippen LogP contribution < -0.4 is 11.1 Å². The summed E-state index contributed by atoms with van der Waals surface area (Å²) in [6.45, 7) is 4.27. The van der Waals surface area contributed by atoms with E-state index >= 15 is 0 Å². The molecular weight excluding hydrogens is 362 g/mol. The number of hydrogen-bond donors (Lipinski definition) is 1. The molecule has 0 aliphatic carbocycles. The minimum atomic E-state index is -0.594. The zero-order valence-electron chi connectivity index (χ0n) is 15.7. The lowest BCUT2D eigenvalue weighted by molar-refractivity contribution is -0.384. The van der Waals surface area contributed by atoms with Gasteiger partial charge in [-0.2, -0.15) is 0 Å². The molecule has 0 aliphatic rings. The number of oxazole rings is 1. The summed E-state index contributed by atoms with van der Waals surface area (Å²) >= 11 is 0. The molecule has 1 aromatic heterocycles. The minimum absolute atomic E-state index is 0.125. The number of hydrogen-bond acceptors (Lipinski definition) is 5. The Bertz CT molecular complexity index is 1100. The van der Waals surface area contributed by atoms with Gasteiger partial charge in [0.1, 0.15) is 0 Å². The summed E-state index contributed by atoms with van der Waals surface area (Å²) in [5.41, 5.74) is 3.42. The van der Waals surface area contributed by atoms with E-state index in [-0.39, 0.29) is 30.1 Å². The van der Waals surface area contributed by atoms with Crippen LogP contribution in [-0.4, -0.2) is 15.4 Å². The third kappa shape index (κ3) is 3.95. The maximum absolute atomic E-state index is 12.3. The second-order valence-corrected chi connectivity index (χ2v) is 6.54. The van der Waals surface area contributed by atoms with Crippen LogP contribution in [0.25, 0.3) is 11.1 Å². The highest BCUT2D eigenvalue weighted by molar-refractivity contribution is 5.92. The Hall–Kier alpha value is -3.42. The molecule has 8 nitrogen and oxygen atoms in total. The first kappa shape index (κ1) is 19.3. The molecule has 0 saturated carbocycles. The number of nitrogens with one attached hydrogen (secondary N) is 1. The van der Waals surface area contributed by atoms with E-state index in [2.05, 4.69) is 5.32 Å². The maximum atomic E-state index is 12.3. The van der Waals surface area contributed by atoms with Gasteiger partial charge in [-0.25, -0.2) is 4.79 Å². The Labute approximate surface area is 160 Å². The molecule has 1 N–H and O–H groups in total. The number of aromatic nitrogens is 1. The van der Waals surface area contributed by atoms with Crippen LogP contribution in [-0.2, 0) is 17.8 Å². The third-order valence-corrected chi connectivity index (χ3v) is 4.65. The van der Waals surface area contributed by atoms with Crippen LogP contribution in [0, 0.1) is 17.0 Å². The van der Waals surface area contributed by atoms with Crippen LogP contribution in [0.4, 0.5) is 11.4 Å². The number of nitro benzene ring substituents is 1. The molecule has 0 bridgehead atoms. The average molecular weight is 383 g/mol. The average Bonchev–Trinajstić information content (AvgIpc) is 2.98. The van der Waals surface area contributed by atoms with Crippen molar-refractivity contribution in [2.75, 3.05) is 5.32 Å². The number of amides is 1. The Balaban J connectivity index is 1.67. The number of carbonyl (C=O) groups excluding carboxylic acids is 1. The van der Waals surface area contributed by atoms with Crippen LogP contribution in [0.1, 0.15) is 30.9 Å². The largest absolute Gasteiger partial charge is 0.419 e. The summed E-state index contributed by atoms with van der Waals surface area (Å²) in [4.78, 5) is 34.7. The summed E-state index contributed by atoms with van der Waals surface area (Å²) in [6.07, 6.45) is 1.49. The molecule has 1 heterocycles. The molecule has 0 fully saturated rings. The predicted octanol–water partition coefficient (Wildman–Crippen LogP) is 3.79. The van der Waals surface area contributed by atoms with Gasteiger partial charge in [-0.3, -0.25) is 19.5 Å². The van der Waals surface area contributed by atoms with Crippen LogP contribution in [0.3, 0.4) is 0 Å².